The molecule has 20 heavy (non-hydrogen) atoms. The van der Waals surface area contributed by atoms with Gasteiger partial charge in [-0.1, -0.05) is 56.9 Å². The Balaban J connectivity index is 2.08. The van der Waals surface area contributed by atoms with Crippen LogP contribution in [0.25, 0.3) is 0 Å². The normalized spacial score (nSPS) is 32.9. The Morgan fingerprint density at radius 3 is 2.80 bits per heavy atom. The van der Waals surface area contributed by atoms with Crippen molar-refractivity contribution in [3.05, 3.63) is 35.4 Å². The zero-order valence-corrected chi connectivity index (χ0v) is 12.3. The molecule has 3 rings (SSSR count). The Morgan fingerprint density at radius 1 is 1.30 bits per heavy atom. The van der Waals surface area contributed by atoms with Gasteiger partial charge in [-0.2, -0.15) is 0 Å². The largest absolute Gasteiger partial charge is 0.481 e. The number of hydrogen-bond acceptors (Lipinski definition) is 1. The third kappa shape index (κ3) is 1.88. The van der Waals surface area contributed by atoms with Crippen LogP contribution in [-0.4, -0.2) is 11.1 Å². The average molecular weight is 272 g/mol. The maximum Gasteiger partial charge on any atom is 0.314 e. The van der Waals surface area contributed by atoms with Gasteiger partial charge in [-0.25, -0.2) is 0 Å². The van der Waals surface area contributed by atoms with Crippen LogP contribution in [0.1, 0.15) is 56.6 Å². The first-order chi connectivity index (χ1) is 9.70. The Hall–Kier alpha value is -1.31. The van der Waals surface area contributed by atoms with Crippen LogP contribution in [0.15, 0.2) is 24.3 Å². The number of aryl methyl sites for hydroxylation is 1. The minimum absolute atomic E-state index is 0.322. The molecule has 0 amide bonds. The topological polar surface area (TPSA) is 37.3 Å². The highest BCUT2D eigenvalue weighted by Gasteiger charge is 2.53. The Labute approximate surface area is 121 Å². The van der Waals surface area contributed by atoms with Gasteiger partial charge in [0.25, 0.3) is 0 Å². The first-order valence-corrected chi connectivity index (χ1v) is 8.02. The number of benzene rings is 1. The van der Waals surface area contributed by atoms with Crippen molar-refractivity contribution in [3.63, 3.8) is 0 Å². The summed E-state index contributed by atoms with van der Waals surface area (Å²) in [6, 6.07) is 8.22. The van der Waals surface area contributed by atoms with E-state index in [1.165, 1.54) is 24.8 Å². The second kappa shape index (κ2) is 5.23. The van der Waals surface area contributed by atoms with E-state index in [0.29, 0.717) is 11.8 Å². The van der Waals surface area contributed by atoms with Crippen molar-refractivity contribution in [2.24, 2.45) is 11.8 Å². The molecule has 0 bridgehead atoms. The summed E-state index contributed by atoms with van der Waals surface area (Å²) in [6.45, 7) is 2.22. The van der Waals surface area contributed by atoms with Crippen LogP contribution < -0.4 is 0 Å². The summed E-state index contributed by atoms with van der Waals surface area (Å²) in [5.41, 5.74) is 1.76. The third-order valence-electron chi connectivity index (χ3n) is 5.73. The third-order valence-corrected chi connectivity index (χ3v) is 5.73. The number of carboxylic acids is 1. The zero-order valence-electron chi connectivity index (χ0n) is 12.3. The highest BCUT2D eigenvalue weighted by atomic mass is 16.4. The lowest BCUT2D eigenvalue weighted by molar-refractivity contribution is -0.148. The fourth-order valence-electron chi connectivity index (χ4n) is 4.75. The second-order valence-electron chi connectivity index (χ2n) is 6.49. The van der Waals surface area contributed by atoms with Gasteiger partial charge in [0.1, 0.15) is 0 Å². The van der Waals surface area contributed by atoms with E-state index in [1.807, 2.05) is 12.1 Å². The summed E-state index contributed by atoms with van der Waals surface area (Å²) in [4.78, 5) is 12.2. The Morgan fingerprint density at radius 2 is 2.05 bits per heavy atom. The molecule has 0 aliphatic heterocycles. The molecule has 1 aromatic rings. The van der Waals surface area contributed by atoms with Crippen molar-refractivity contribution in [3.8, 4) is 0 Å². The minimum Gasteiger partial charge on any atom is -0.481 e. The molecule has 2 aliphatic carbocycles. The maximum atomic E-state index is 12.2. The summed E-state index contributed by atoms with van der Waals surface area (Å²) < 4.78 is 0. The van der Waals surface area contributed by atoms with Crippen LogP contribution in [0.4, 0.5) is 0 Å². The molecule has 1 fully saturated rings. The molecule has 0 heterocycles. The zero-order chi connectivity index (χ0) is 14.2. The van der Waals surface area contributed by atoms with Crippen LogP contribution in [-0.2, 0) is 16.6 Å². The molecule has 1 saturated carbocycles. The average Bonchev–Trinajstić information content (AvgIpc) is 2.88. The molecule has 108 valence electrons. The first kappa shape index (κ1) is 13.7. The van der Waals surface area contributed by atoms with E-state index in [1.54, 1.807) is 0 Å². The van der Waals surface area contributed by atoms with Crippen LogP contribution in [0, 0.1) is 11.8 Å². The summed E-state index contributed by atoms with van der Waals surface area (Å²) in [5.74, 6) is 0.307. The summed E-state index contributed by atoms with van der Waals surface area (Å²) >= 11 is 0. The van der Waals surface area contributed by atoms with Crippen LogP contribution in [0.3, 0.4) is 0 Å². The highest BCUT2D eigenvalue weighted by Crippen LogP contribution is 2.52. The van der Waals surface area contributed by atoms with E-state index in [9.17, 15) is 9.90 Å². The molecule has 0 aromatic heterocycles. The Bertz CT molecular complexity index is 508. The summed E-state index contributed by atoms with van der Waals surface area (Å²) in [5, 5.41) is 10.1. The van der Waals surface area contributed by atoms with Crippen LogP contribution in [0.2, 0.25) is 0 Å². The molecular formula is C18H24O2. The summed E-state index contributed by atoms with van der Waals surface area (Å²) in [7, 11) is 0. The number of hydrogen-bond donors (Lipinski definition) is 1. The van der Waals surface area contributed by atoms with Gasteiger partial charge < -0.3 is 5.11 Å². The van der Waals surface area contributed by atoms with E-state index in [-0.39, 0.29) is 0 Å². The van der Waals surface area contributed by atoms with Gasteiger partial charge in [-0.15, -0.1) is 0 Å². The monoisotopic (exact) mass is 272 g/mol. The van der Waals surface area contributed by atoms with Crippen molar-refractivity contribution in [2.45, 2.75) is 57.3 Å². The molecule has 0 saturated heterocycles. The minimum atomic E-state index is -0.613. The quantitative estimate of drug-likeness (QED) is 0.896. The molecule has 1 aromatic carbocycles. The van der Waals surface area contributed by atoms with E-state index < -0.39 is 11.4 Å². The first-order valence-electron chi connectivity index (χ1n) is 8.02. The standard InChI is InChI=1S/C18H24O2/c1-2-13-7-3-5-9-15(13)18(17(19)20)12-11-14-8-4-6-10-16(14)18/h4,6,8,10,13,15H,2-3,5,7,9,11-12H2,1H3,(H,19,20). The van der Waals surface area contributed by atoms with Gasteiger partial charge in [-0.05, 0) is 42.2 Å². The number of aliphatic carboxylic acids is 1. The fourth-order valence-corrected chi connectivity index (χ4v) is 4.75. The van der Waals surface area contributed by atoms with Crippen LogP contribution >= 0.6 is 0 Å². The molecule has 1 N–H and O–H groups in total. The lowest BCUT2D eigenvalue weighted by atomic mass is 9.60. The molecule has 2 nitrogen and oxygen atoms in total. The molecule has 3 atom stereocenters. The van der Waals surface area contributed by atoms with E-state index in [4.69, 9.17) is 0 Å². The van der Waals surface area contributed by atoms with Crippen LogP contribution in [0.5, 0.6) is 0 Å². The van der Waals surface area contributed by atoms with Gasteiger partial charge in [0.15, 0.2) is 0 Å². The maximum absolute atomic E-state index is 12.2. The Kier molecular flexibility index (Phi) is 3.57. The van der Waals surface area contributed by atoms with Crippen molar-refractivity contribution >= 4 is 5.97 Å². The molecule has 0 spiro atoms. The van der Waals surface area contributed by atoms with Crippen molar-refractivity contribution in [1.29, 1.82) is 0 Å². The number of carbonyl (C=O) groups is 1. The van der Waals surface area contributed by atoms with Gasteiger partial charge in [0, 0.05) is 0 Å². The van der Waals surface area contributed by atoms with Crippen molar-refractivity contribution < 1.29 is 9.90 Å². The van der Waals surface area contributed by atoms with E-state index >= 15 is 0 Å². The van der Waals surface area contributed by atoms with E-state index in [2.05, 4.69) is 19.1 Å². The van der Waals surface area contributed by atoms with Gasteiger partial charge >= 0.3 is 5.97 Å². The molecule has 3 unspecified atom stereocenters. The smallest absolute Gasteiger partial charge is 0.314 e. The predicted octanol–water partition coefficient (Wildman–Crippen LogP) is 4.17. The number of fused-ring (bicyclic) bond motifs is 1. The second-order valence-corrected chi connectivity index (χ2v) is 6.49. The SMILES string of the molecule is CCC1CCCCC1C1(C(=O)O)CCc2ccccc21. The molecule has 0 radical (unpaired) electrons. The van der Waals surface area contributed by atoms with Gasteiger partial charge in [0.2, 0.25) is 0 Å². The van der Waals surface area contributed by atoms with Gasteiger partial charge in [0.05, 0.1) is 5.41 Å². The summed E-state index contributed by atoms with van der Waals surface area (Å²) in [6.07, 6.45) is 7.59. The predicted molar refractivity (Wildman–Crippen MR) is 79.8 cm³/mol. The van der Waals surface area contributed by atoms with Crippen molar-refractivity contribution in [2.75, 3.05) is 0 Å². The number of rotatable bonds is 3. The lowest BCUT2D eigenvalue weighted by Gasteiger charge is -2.42. The van der Waals surface area contributed by atoms with Crippen molar-refractivity contribution in [1.82, 2.24) is 0 Å². The van der Waals surface area contributed by atoms with E-state index in [0.717, 1.165) is 31.2 Å². The molecular weight excluding hydrogens is 248 g/mol. The highest BCUT2D eigenvalue weighted by molar-refractivity contribution is 5.83. The molecule has 2 aliphatic rings. The fraction of sp³-hybridized carbons (Fsp3) is 0.611. The van der Waals surface area contributed by atoms with Gasteiger partial charge in [-0.3, -0.25) is 4.79 Å². The lowest BCUT2D eigenvalue weighted by Crippen LogP contribution is -2.45. The molecule has 2 heteroatoms. The number of carboxylic acid groups (broad SMARTS) is 1.